The van der Waals surface area contributed by atoms with Crippen molar-refractivity contribution in [1.82, 2.24) is 4.98 Å². The van der Waals surface area contributed by atoms with Crippen LogP contribution in [-0.2, 0) is 10.8 Å². The highest BCUT2D eigenvalue weighted by atomic mass is 32.2. The van der Waals surface area contributed by atoms with Crippen LogP contribution in [0.1, 0.15) is 30.5 Å². The van der Waals surface area contributed by atoms with Gasteiger partial charge >= 0.3 is 0 Å². The van der Waals surface area contributed by atoms with E-state index in [9.17, 15) is 0 Å². The van der Waals surface area contributed by atoms with Crippen LogP contribution in [0.2, 0.25) is 0 Å². The van der Waals surface area contributed by atoms with Crippen LogP contribution in [0.5, 0.6) is 0 Å². The third-order valence-electron chi connectivity index (χ3n) is 1.39. The minimum atomic E-state index is 0.526. The predicted molar refractivity (Wildman–Crippen MR) is 54.5 cm³/mol. The molecule has 0 atom stereocenters. The fourth-order valence-electron chi connectivity index (χ4n) is 0.773. The lowest BCUT2D eigenvalue weighted by molar-refractivity contribution is 0.360. The molecule has 0 spiro atoms. The van der Waals surface area contributed by atoms with Crippen LogP contribution < -0.4 is 0 Å². The smallest absolute Gasteiger partial charge is 0.104 e. The van der Waals surface area contributed by atoms with E-state index < -0.39 is 0 Å². The summed E-state index contributed by atoms with van der Waals surface area (Å²) in [6, 6.07) is 0. The first-order valence-electron chi connectivity index (χ1n) is 3.84. The number of aromatic nitrogens is 1. The summed E-state index contributed by atoms with van der Waals surface area (Å²) in [6.45, 7) is 4.92. The molecule has 0 saturated carbocycles. The van der Waals surface area contributed by atoms with Gasteiger partial charge in [0.05, 0.1) is 10.7 Å². The van der Waals surface area contributed by atoms with Crippen molar-refractivity contribution in [2.75, 3.05) is 6.26 Å². The molecule has 4 heteroatoms. The highest BCUT2D eigenvalue weighted by molar-refractivity contribution is 7.93. The second-order valence-corrected chi connectivity index (χ2v) is 4.22. The Morgan fingerprint density at radius 3 is 2.92 bits per heavy atom. The van der Waals surface area contributed by atoms with Gasteiger partial charge in [0, 0.05) is 17.6 Å². The van der Waals surface area contributed by atoms with Crippen molar-refractivity contribution in [2.45, 2.75) is 26.4 Å². The van der Waals surface area contributed by atoms with Crippen LogP contribution >= 0.6 is 23.4 Å². The third kappa shape index (κ3) is 2.77. The largest absolute Gasteiger partial charge is 0.309 e. The fourth-order valence-corrected chi connectivity index (χ4v) is 1.83. The molecule has 1 aromatic heterocycles. The number of nitrogens with zero attached hydrogens (tertiary/aromatic N) is 1. The van der Waals surface area contributed by atoms with Crippen molar-refractivity contribution >= 4 is 23.4 Å². The molecule has 0 radical (unpaired) electrons. The molecular weight excluding hydrogens is 190 g/mol. The number of rotatable bonds is 4. The molecule has 2 nitrogen and oxygen atoms in total. The zero-order valence-corrected chi connectivity index (χ0v) is 9.17. The number of thiazole rings is 1. The van der Waals surface area contributed by atoms with Crippen molar-refractivity contribution in [3.8, 4) is 0 Å². The average Bonchev–Trinajstić information content (AvgIpc) is 2.48. The van der Waals surface area contributed by atoms with Crippen LogP contribution in [0.25, 0.3) is 0 Å². The molecule has 1 rings (SSSR count). The molecule has 0 unspecified atom stereocenters. The molecule has 0 aliphatic rings. The summed E-state index contributed by atoms with van der Waals surface area (Å²) in [5.41, 5.74) is 1.04. The van der Waals surface area contributed by atoms with E-state index in [1.54, 1.807) is 11.3 Å². The van der Waals surface area contributed by atoms with Gasteiger partial charge in [0.25, 0.3) is 0 Å². The molecule has 0 bridgehead atoms. The summed E-state index contributed by atoms with van der Waals surface area (Å²) in [5.74, 6) is 0.526. The molecule has 1 heterocycles. The minimum absolute atomic E-state index is 0.526. The Balaban J connectivity index is 2.52. The van der Waals surface area contributed by atoms with Crippen molar-refractivity contribution in [2.24, 2.45) is 0 Å². The van der Waals surface area contributed by atoms with Gasteiger partial charge in [-0.2, -0.15) is 0 Å². The molecular formula is C8H13NOS2. The maximum atomic E-state index is 5.17. The van der Waals surface area contributed by atoms with E-state index >= 15 is 0 Å². The molecule has 0 amide bonds. The van der Waals surface area contributed by atoms with Crippen molar-refractivity contribution < 1.29 is 4.18 Å². The summed E-state index contributed by atoms with van der Waals surface area (Å²) in [5, 5.41) is 3.25. The van der Waals surface area contributed by atoms with Gasteiger partial charge in [-0.1, -0.05) is 13.8 Å². The second kappa shape index (κ2) is 4.84. The van der Waals surface area contributed by atoms with Crippen LogP contribution in [0, 0.1) is 0 Å². The lowest BCUT2D eigenvalue weighted by Crippen LogP contribution is -1.89. The van der Waals surface area contributed by atoms with Crippen LogP contribution in [-0.4, -0.2) is 11.2 Å². The first-order valence-corrected chi connectivity index (χ1v) is 5.87. The van der Waals surface area contributed by atoms with Gasteiger partial charge in [0.15, 0.2) is 0 Å². The Kier molecular flexibility index (Phi) is 4.05. The normalized spacial score (nSPS) is 11.0. The van der Waals surface area contributed by atoms with E-state index in [-0.39, 0.29) is 0 Å². The van der Waals surface area contributed by atoms with Gasteiger partial charge < -0.3 is 4.18 Å². The molecule has 0 aliphatic carbocycles. The first-order chi connectivity index (χ1) is 5.74. The lowest BCUT2D eigenvalue weighted by Gasteiger charge is -1.97. The topological polar surface area (TPSA) is 22.1 Å². The molecule has 0 fully saturated rings. The SMILES string of the molecule is CSOCc1csc(C(C)C)n1. The maximum Gasteiger partial charge on any atom is 0.104 e. The molecule has 0 aromatic carbocycles. The van der Waals surface area contributed by atoms with Crippen molar-refractivity contribution in [3.05, 3.63) is 16.1 Å². The average molecular weight is 203 g/mol. The second-order valence-electron chi connectivity index (χ2n) is 2.76. The fraction of sp³-hybridized carbons (Fsp3) is 0.625. The zero-order chi connectivity index (χ0) is 8.97. The zero-order valence-electron chi connectivity index (χ0n) is 7.53. The molecule has 12 heavy (non-hydrogen) atoms. The maximum absolute atomic E-state index is 5.17. The number of hydrogen-bond donors (Lipinski definition) is 0. The van der Waals surface area contributed by atoms with Crippen molar-refractivity contribution in [3.63, 3.8) is 0 Å². The quantitative estimate of drug-likeness (QED) is 0.702. The van der Waals surface area contributed by atoms with Crippen molar-refractivity contribution in [1.29, 1.82) is 0 Å². The van der Waals surface area contributed by atoms with Gasteiger partial charge in [-0.15, -0.1) is 11.3 Å². The first kappa shape index (κ1) is 10.0. The lowest BCUT2D eigenvalue weighted by atomic mass is 10.2. The van der Waals surface area contributed by atoms with Crippen LogP contribution in [0.4, 0.5) is 0 Å². The highest BCUT2D eigenvalue weighted by Crippen LogP contribution is 2.19. The third-order valence-corrected chi connectivity index (χ3v) is 2.94. The van der Waals surface area contributed by atoms with E-state index in [0.717, 1.165) is 5.69 Å². The molecule has 68 valence electrons. The Morgan fingerprint density at radius 1 is 1.67 bits per heavy atom. The molecule has 0 saturated heterocycles. The van der Waals surface area contributed by atoms with E-state index in [1.165, 1.54) is 17.1 Å². The monoisotopic (exact) mass is 203 g/mol. The molecule has 0 N–H and O–H groups in total. The van der Waals surface area contributed by atoms with Gasteiger partial charge in [-0.25, -0.2) is 4.98 Å². The van der Waals surface area contributed by atoms with E-state index in [2.05, 4.69) is 24.2 Å². The Labute approximate surface area is 81.6 Å². The van der Waals surface area contributed by atoms with Gasteiger partial charge in [-0.05, 0) is 12.0 Å². The molecule has 0 aliphatic heterocycles. The Hall–Kier alpha value is -0.0600. The summed E-state index contributed by atoms with van der Waals surface area (Å²) >= 11 is 3.09. The van der Waals surface area contributed by atoms with Gasteiger partial charge in [-0.3, -0.25) is 0 Å². The summed E-state index contributed by atoms with van der Waals surface area (Å²) in [6.07, 6.45) is 1.91. The predicted octanol–water partition coefficient (Wildman–Crippen LogP) is 3.06. The van der Waals surface area contributed by atoms with E-state index in [1.807, 2.05) is 6.26 Å². The Bertz CT molecular complexity index is 235. The highest BCUT2D eigenvalue weighted by Gasteiger charge is 2.04. The van der Waals surface area contributed by atoms with Crippen LogP contribution in [0.15, 0.2) is 5.38 Å². The van der Waals surface area contributed by atoms with Gasteiger partial charge in [0.1, 0.15) is 6.61 Å². The van der Waals surface area contributed by atoms with E-state index in [4.69, 9.17) is 4.18 Å². The van der Waals surface area contributed by atoms with Gasteiger partial charge in [0.2, 0.25) is 0 Å². The van der Waals surface area contributed by atoms with Crippen LogP contribution in [0.3, 0.4) is 0 Å². The standard InChI is InChI=1S/C8H13NOS2/c1-6(2)8-9-7(5-12-8)4-10-11-3/h5-6H,4H2,1-3H3. The minimum Gasteiger partial charge on any atom is -0.309 e. The number of hydrogen-bond acceptors (Lipinski definition) is 4. The summed E-state index contributed by atoms with van der Waals surface area (Å²) in [7, 11) is 0. The van der Waals surface area contributed by atoms with E-state index in [0.29, 0.717) is 12.5 Å². The summed E-state index contributed by atoms with van der Waals surface area (Å²) < 4.78 is 5.17. The molecule has 1 aromatic rings. The summed E-state index contributed by atoms with van der Waals surface area (Å²) in [4.78, 5) is 4.43. The Morgan fingerprint density at radius 2 is 2.42 bits per heavy atom.